The second-order valence-electron chi connectivity index (χ2n) is 5.56. The molecule has 0 spiro atoms. The summed E-state index contributed by atoms with van der Waals surface area (Å²) in [5.74, 6) is -1.71. The molecule has 1 aliphatic heterocycles. The van der Waals surface area contributed by atoms with Crippen LogP contribution in [-0.4, -0.2) is 64.9 Å². The topological polar surface area (TPSA) is 125 Å². The molecule has 8 heteroatoms. The SMILES string of the molecule is C=CCOC1OC(CNC(=O)CCCC(=O)O)C(O)C(O)C1C. The van der Waals surface area contributed by atoms with Crippen LogP contribution in [-0.2, 0) is 19.1 Å². The zero-order valence-corrected chi connectivity index (χ0v) is 13.2. The van der Waals surface area contributed by atoms with Crippen molar-refractivity contribution < 1.29 is 34.4 Å². The average Bonchev–Trinajstić information content (AvgIpc) is 2.50. The normalized spacial score (nSPS) is 30.7. The molecule has 0 radical (unpaired) electrons. The molecule has 0 aromatic carbocycles. The fourth-order valence-corrected chi connectivity index (χ4v) is 2.29. The Morgan fingerprint density at radius 1 is 1.30 bits per heavy atom. The lowest BCUT2D eigenvalue weighted by atomic mass is 9.92. The Kier molecular flexibility index (Phi) is 8.18. The third kappa shape index (κ3) is 6.26. The number of hydrogen-bond donors (Lipinski definition) is 4. The molecule has 4 N–H and O–H groups in total. The first kappa shape index (κ1) is 19.6. The first-order valence-corrected chi connectivity index (χ1v) is 7.59. The van der Waals surface area contributed by atoms with Crippen molar-refractivity contribution in [3.63, 3.8) is 0 Å². The highest BCUT2D eigenvalue weighted by Gasteiger charge is 2.42. The molecular formula is C15H25NO7. The number of carboxylic acid groups (broad SMARTS) is 1. The standard InChI is InChI=1S/C15H25NO7/c1-3-7-22-15-9(2)13(20)14(21)10(23-15)8-16-11(17)5-4-6-12(18)19/h3,9-10,13-15,20-21H,1,4-8H2,2H3,(H,16,17)(H,18,19). The third-order valence-corrected chi connectivity index (χ3v) is 3.68. The van der Waals surface area contributed by atoms with Crippen molar-refractivity contribution in [3.05, 3.63) is 12.7 Å². The smallest absolute Gasteiger partial charge is 0.303 e. The third-order valence-electron chi connectivity index (χ3n) is 3.68. The minimum Gasteiger partial charge on any atom is -0.481 e. The van der Waals surface area contributed by atoms with Crippen LogP contribution < -0.4 is 5.32 Å². The van der Waals surface area contributed by atoms with E-state index in [0.29, 0.717) is 0 Å². The highest BCUT2D eigenvalue weighted by Crippen LogP contribution is 2.26. The van der Waals surface area contributed by atoms with Crippen molar-refractivity contribution in [2.75, 3.05) is 13.2 Å². The number of rotatable bonds is 9. The maximum atomic E-state index is 11.6. The zero-order valence-electron chi connectivity index (χ0n) is 13.2. The van der Waals surface area contributed by atoms with E-state index < -0.39 is 36.5 Å². The van der Waals surface area contributed by atoms with Crippen molar-refractivity contribution in [1.82, 2.24) is 5.32 Å². The number of carbonyl (C=O) groups excluding carboxylic acids is 1. The predicted molar refractivity (Wildman–Crippen MR) is 80.5 cm³/mol. The molecule has 0 bridgehead atoms. The molecule has 1 amide bonds. The van der Waals surface area contributed by atoms with Gasteiger partial charge in [-0.25, -0.2) is 0 Å². The van der Waals surface area contributed by atoms with Crippen LogP contribution >= 0.6 is 0 Å². The van der Waals surface area contributed by atoms with Gasteiger partial charge in [0.1, 0.15) is 12.2 Å². The molecule has 5 atom stereocenters. The molecule has 8 nitrogen and oxygen atoms in total. The zero-order chi connectivity index (χ0) is 17.4. The van der Waals surface area contributed by atoms with Crippen molar-refractivity contribution in [3.8, 4) is 0 Å². The molecular weight excluding hydrogens is 306 g/mol. The van der Waals surface area contributed by atoms with Crippen LogP contribution in [0.1, 0.15) is 26.2 Å². The molecule has 0 aromatic rings. The van der Waals surface area contributed by atoms with Crippen molar-refractivity contribution >= 4 is 11.9 Å². The summed E-state index contributed by atoms with van der Waals surface area (Å²) in [5, 5.41) is 31.2. The number of amides is 1. The summed E-state index contributed by atoms with van der Waals surface area (Å²) in [6, 6.07) is 0. The first-order valence-electron chi connectivity index (χ1n) is 7.59. The molecule has 1 saturated heterocycles. The van der Waals surface area contributed by atoms with Gasteiger partial charge >= 0.3 is 5.97 Å². The summed E-state index contributed by atoms with van der Waals surface area (Å²) in [6.45, 7) is 5.48. The summed E-state index contributed by atoms with van der Waals surface area (Å²) >= 11 is 0. The molecule has 0 saturated carbocycles. The van der Waals surface area contributed by atoms with Gasteiger partial charge in [0.05, 0.1) is 12.7 Å². The largest absolute Gasteiger partial charge is 0.481 e. The number of ether oxygens (including phenoxy) is 2. The Bertz CT molecular complexity index is 415. The molecule has 132 valence electrons. The summed E-state index contributed by atoms with van der Waals surface area (Å²) in [6.07, 6.45) is -1.92. The van der Waals surface area contributed by atoms with E-state index in [2.05, 4.69) is 11.9 Å². The number of nitrogens with one attached hydrogen (secondary N) is 1. The number of aliphatic hydroxyl groups is 2. The monoisotopic (exact) mass is 331 g/mol. The van der Waals surface area contributed by atoms with Crippen LogP contribution in [0.25, 0.3) is 0 Å². The Morgan fingerprint density at radius 3 is 2.61 bits per heavy atom. The van der Waals surface area contributed by atoms with Gasteiger partial charge in [-0.2, -0.15) is 0 Å². The second-order valence-corrected chi connectivity index (χ2v) is 5.56. The number of carbonyl (C=O) groups is 2. The second kappa shape index (κ2) is 9.61. The molecule has 0 aliphatic carbocycles. The van der Waals surface area contributed by atoms with Gasteiger partial charge in [0.25, 0.3) is 0 Å². The molecule has 1 rings (SSSR count). The maximum Gasteiger partial charge on any atom is 0.303 e. The number of aliphatic carboxylic acids is 1. The summed E-state index contributed by atoms with van der Waals surface area (Å²) in [7, 11) is 0. The van der Waals surface area contributed by atoms with E-state index >= 15 is 0 Å². The molecule has 1 fully saturated rings. The van der Waals surface area contributed by atoms with E-state index in [9.17, 15) is 19.8 Å². The lowest BCUT2D eigenvalue weighted by Gasteiger charge is -2.41. The Morgan fingerprint density at radius 2 is 2.00 bits per heavy atom. The minimum absolute atomic E-state index is 0.00476. The quantitative estimate of drug-likeness (QED) is 0.425. The van der Waals surface area contributed by atoms with Crippen LogP contribution in [0.4, 0.5) is 0 Å². The Labute approximate surface area is 135 Å². The van der Waals surface area contributed by atoms with E-state index in [-0.39, 0.29) is 38.3 Å². The van der Waals surface area contributed by atoms with E-state index in [0.717, 1.165) is 0 Å². The van der Waals surface area contributed by atoms with Gasteiger partial charge in [-0.05, 0) is 6.42 Å². The highest BCUT2D eigenvalue weighted by molar-refractivity contribution is 5.76. The van der Waals surface area contributed by atoms with Crippen molar-refractivity contribution in [2.24, 2.45) is 5.92 Å². The van der Waals surface area contributed by atoms with Gasteiger partial charge in [0.15, 0.2) is 6.29 Å². The first-order chi connectivity index (χ1) is 10.9. The predicted octanol–water partition coefficient (Wildman–Crippen LogP) is -0.357. The molecule has 0 aromatic heterocycles. The fourth-order valence-electron chi connectivity index (χ4n) is 2.29. The fraction of sp³-hybridized carbons (Fsp3) is 0.733. The average molecular weight is 331 g/mol. The van der Waals surface area contributed by atoms with Gasteiger partial charge in [-0.3, -0.25) is 9.59 Å². The van der Waals surface area contributed by atoms with Gasteiger partial charge in [-0.1, -0.05) is 13.0 Å². The van der Waals surface area contributed by atoms with E-state index in [1.165, 1.54) is 0 Å². The van der Waals surface area contributed by atoms with Crippen LogP contribution in [0.2, 0.25) is 0 Å². The maximum absolute atomic E-state index is 11.6. The van der Waals surface area contributed by atoms with Crippen LogP contribution in [0, 0.1) is 5.92 Å². The summed E-state index contributed by atoms with van der Waals surface area (Å²) < 4.78 is 11.0. The van der Waals surface area contributed by atoms with E-state index in [1.54, 1.807) is 13.0 Å². The number of carboxylic acids is 1. The number of hydrogen-bond acceptors (Lipinski definition) is 6. The van der Waals surface area contributed by atoms with Gasteiger partial charge < -0.3 is 30.1 Å². The minimum atomic E-state index is -1.15. The van der Waals surface area contributed by atoms with E-state index in [1.807, 2.05) is 0 Å². The van der Waals surface area contributed by atoms with Crippen LogP contribution in [0.15, 0.2) is 12.7 Å². The van der Waals surface area contributed by atoms with Crippen molar-refractivity contribution in [1.29, 1.82) is 0 Å². The van der Waals surface area contributed by atoms with Crippen LogP contribution in [0.5, 0.6) is 0 Å². The molecule has 1 aliphatic rings. The lowest BCUT2D eigenvalue weighted by molar-refractivity contribution is -0.272. The van der Waals surface area contributed by atoms with Gasteiger partial charge in [0, 0.05) is 25.3 Å². The van der Waals surface area contributed by atoms with Crippen molar-refractivity contribution in [2.45, 2.75) is 50.8 Å². The Balaban J connectivity index is 2.45. The molecule has 1 heterocycles. The number of aliphatic hydroxyl groups excluding tert-OH is 2. The van der Waals surface area contributed by atoms with Gasteiger partial charge in [-0.15, -0.1) is 6.58 Å². The summed E-state index contributed by atoms with van der Waals surface area (Å²) in [5.41, 5.74) is 0. The summed E-state index contributed by atoms with van der Waals surface area (Å²) in [4.78, 5) is 22.0. The molecule has 23 heavy (non-hydrogen) atoms. The van der Waals surface area contributed by atoms with E-state index in [4.69, 9.17) is 14.6 Å². The highest BCUT2D eigenvalue weighted by atomic mass is 16.7. The lowest BCUT2D eigenvalue weighted by Crippen LogP contribution is -2.57. The molecule has 5 unspecified atom stereocenters. The van der Waals surface area contributed by atoms with Crippen LogP contribution in [0.3, 0.4) is 0 Å². The Hall–Kier alpha value is -1.48. The van der Waals surface area contributed by atoms with Gasteiger partial charge in [0.2, 0.25) is 5.91 Å².